The Balaban J connectivity index is 1.99. The van der Waals surface area contributed by atoms with Crippen LogP contribution in [0.25, 0.3) is 0 Å². The van der Waals surface area contributed by atoms with E-state index in [0.717, 1.165) is 0 Å². The molecule has 2 rings (SSSR count). The smallest absolute Gasteiger partial charge is 0.312 e. The lowest BCUT2D eigenvalue weighted by Gasteiger charge is -2.31. The average Bonchev–Trinajstić information content (AvgIpc) is 2.41. The number of nitrogens with two attached hydrogens (primary N) is 1. The zero-order valence-corrected chi connectivity index (χ0v) is 13.0. The van der Waals surface area contributed by atoms with Crippen LogP contribution in [-0.4, -0.2) is 37.9 Å². The van der Waals surface area contributed by atoms with Gasteiger partial charge in [0.25, 0.3) is 0 Å². The Kier molecular flexibility index (Phi) is 5.08. The van der Waals surface area contributed by atoms with Crippen molar-refractivity contribution in [3.05, 3.63) is 34.9 Å². The van der Waals surface area contributed by atoms with Crippen LogP contribution in [0, 0.1) is 0 Å². The highest BCUT2D eigenvalue weighted by Crippen LogP contribution is 2.22. The molecular formula is C13H18ClN3O3S. The van der Waals surface area contributed by atoms with E-state index in [-0.39, 0.29) is 11.8 Å². The standard InChI is InChI=1S/C13H18ClN3O3S/c14-12-4-2-1-3-10(12)9-21(19,20)17-7-5-11(6-8-17)16-13(15)18/h1-4,11H,5-9H2,(H3,15,16,18). The second-order valence-corrected chi connectivity index (χ2v) is 7.41. The molecule has 3 N–H and O–H groups in total. The van der Waals surface area contributed by atoms with Crippen LogP contribution in [0.3, 0.4) is 0 Å². The normalized spacial score (nSPS) is 17.6. The Labute approximate surface area is 129 Å². The summed E-state index contributed by atoms with van der Waals surface area (Å²) in [6, 6.07) is 6.28. The molecule has 1 saturated heterocycles. The van der Waals surface area contributed by atoms with Crippen LogP contribution >= 0.6 is 11.6 Å². The summed E-state index contributed by atoms with van der Waals surface area (Å²) >= 11 is 6.01. The SMILES string of the molecule is NC(=O)NC1CCN(S(=O)(=O)Cc2ccccc2Cl)CC1. The van der Waals surface area contributed by atoms with Gasteiger partial charge in [-0.15, -0.1) is 0 Å². The number of benzene rings is 1. The molecule has 21 heavy (non-hydrogen) atoms. The molecule has 0 spiro atoms. The van der Waals surface area contributed by atoms with Crippen molar-refractivity contribution >= 4 is 27.7 Å². The van der Waals surface area contributed by atoms with E-state index in [1.54, 1.807) is 24.3 Å². The summed E-state index contributed by atoms with van der Waals surface area (Å²) in [6.45, 7) is 0.746. The predicted molar refractivity (Wildman–Crippen MR) is 81.4 cm³/mol. The van der Waals surface area contributed by atoms with Gasteiger partial charge in [-0.25, -0.2) is 17.5 Å². The first-order valence-electron chi connectivity index (χ1n) is 6.65. The molecule has 2 amide bonds. The Bertz CT molecular complexity index is 613. The number of amides is 2. The number of urea groups is 1. The number of nitrogens with one attached hydrogen (secondary N) is 1. The first-order valence-corrected chi connectivity index (χ1v) is 8.64. The summed E-state index contributed by atoms with van der Waals surface area (Å²) < 4.78 is 26.2. The Morgan fingerprint density at radius 1 is 1.33 bits per heavy atom. The Morgan fingerprint density at radius 2 is 1.95 bits per heavy atom. The number of carbonyl (C=O) groups excluding carboxylic acids is 1. The number of rotatable bonds is 4. The fourth-order valence-electron chi connectivity index (χ4n) is 2.38. The van der Waals surface area contributed by atoms with Gasteiger partial charge in [0.1, 0.15) is 0 Å². The van der Waals surface area contributed by atoms with E-state index in [1.807, 2.05) is 0 Å². The highest BCUT2D eigenvalue weighted by molar-refractivity contribution is 7.88. The molecule has 0 aliphatic carbocycles. The second kappa shape index (κ2) is 6.64. The molecule has 0 atom stereocenters. The van der Waals surface area contributed by atoms with Crippen molar-refractivity contribution in [1.82, 2.24) is 9.62 Å². The maximum Gasteiger partial charge on any atom is 0.312 e. The molecule has 0 bridgehead atoms. The fourth-order valence-corrected chi connectivity index (χ4v) is 4.26. The summed E-state index contributed by atoms with van der Waals surface area (Å²) in [5.74, 6) is -0.111. The number of halogens is 1. The van der Waals surface area contributed by atoms with E-state index < -0.39 is 16.1 Å². The lowest BCUT2D eigenvalue weighted by molar-refractivity contribution is 0.235. The predicted octanol–water partition coefficient (Wildman–Crippen LogP) is 1.30. The molecule has 1 aliphatic heterocycles. The van der Waals surface area contributed by atoms with Crippen molar-refractivity contribution in [1.29, 1.82) is 0 Å². The van der Waals surface area contributed by atoms with Gasteiger partial charge in [-0.1, -0.05) is 29.8 Å². The third kappa shape index (κ3) is 4.33. The lowest BCUT2D eigenvalue weighted by Crippen LogP contribution is -2.48. The maximum absolute atomic E-state index is 12.4. The van der Waals surface area contributed by atoms with Gasteiger partial charge < -0.3 is 11.1 Å². The monoisotopic (exact) mass is 331 g/mol. The lowest BCUT2D eigenvalue weighted by atomic mass is 10.1. The first kappa shape index (κ1) is 16.1. The van der Waals surface area contributed by atoms with Crippen molar-refractivity contribution in [3.8, 4) is 0 Å². The molecule has 0 aromatic heterocycles. The van der Waals surface area contributed by atoms with Crippen LogP contribution in [0.15, 0.2) is 24.3 Å². The van der Waals surface area contributed by atoms with Gasteiger partial charge in [0, 0.05) is 24.2 Å². The zero-order valence-electron chi connectivity index (χ0n) is 11.5. The van der Waals surface area contributed by atoms with Crippen molar-refractivity contribution in [2.24, 2.45) is 5.73 Å². The quantitative estimate of drug-likeness (QED) is 0.871. The van der Waals surface area contributed by atoms with Gasteiger partial charge in [0.05, 0.1) is 5.75 Å². The summed E-state index contributed by atoms with van der Waals surface area (Å²) in [4.78, 5) is 10.8. The van der Waals surface area contributed by atoms with Crippen molar-refractivity contribution in [2.75, 3.05) is 13.1 Å². The molecule has 116 valence electrons. The molecular weight excluding hydrogens is 314 g/mol. The van der Waals surface area contributed by atoms with Crippen molar-refractivity contribution in [3.63, 3.8) is 0 Å². The fraction of sp³-hybridized carbons (Fsp3) is 0.462. The molecule has 0 radical (unpaired) electrons. The third-order valence-corrected chi connectivity index (χ3v) is 5.69. The molecule has 1 fully saturated rings. The topological polar surface area (TPSA) is 92.5 Å². The van der Waals surface area contributed by atoms with E-state index in [2.05, 4.69) is 5.32 Å². The number of carbonyl (C=O) groups is 1. The second-order valence-electron chi connectivity index (χ2n) is 5.03. The summed E-state index contributed by atoms with van der Waals surface area (Å²) in [5.41, 5.74) is 5.66. The molecule has 6 nitrogen and oxygen atoms in total. The minimum Gasteiger partial charge on any atom is -0.352 e. The maximum atomic E-state index is 12.4. The minimum atomic E-state index is -3.41. The molecule has 8 heteroatoms. The summed E-state index contributed by atoms with van der Waals surface area (Å²) in [7, 11) is -3.41. The van der Waals surface area contributed by atoms with E-state index in [4.69, 9.17) is 17.3 Å². The molecule has 0 unspecified atom stereocenters. The van der Waals surface area contributed by atoms with E-state index in [1.165, 1.54) is 4.31 Å². The summed E-state index contributed by atoms with van der Waals surface area (Å²) in [6.07, 6.45) is 1.12. The van der Waals surface area contributed by atoms with Crippen LogP contribution in [-0.2, 0) is 15.8 Å². The van der Waals surface area contributed by atoms with Crippen molar-refractivity contribution in [2.45, 2.75) is 24.6 Å². The molecule has 1 aromatic carbocycles. The van der Waals surface area contributed by atoms with Crippen LogP contribution in [0.2, 0.25) is 5.02 Å². The summed E-state index contributed by atoms with van der Waals surface area (Å²) in [5, 5.41) is 3.06. The molecule has 0 saturated carbocycles. The number of piperidine rings is 1. The molecule has 1 heterocycles. The van der Waals surface area contributed by atoms with Crippen LogP contribution in [0.1, 0.15) is 18.4 Å². The van der Waals surface area contributed by atoms with Gasteiger partial charge in [-0.2, -0.15) is 0 Å². The van der Waals surface area contributed by atoms with Gasteiger partial charge in [0.15, 0.2) is 0 Å². The van der Waals surface area contributed by atoms with Gasteiger partial charge >= 0.3 is 6.03 Å². The van der Waals surface area contributed by atoms with Gasteiger partial charge in [0.2, 0.25) is 10.0 Å². The zero-order chi connectivity index (χ0) is 15.5. The first-order chi connectivity index (χ1) is 9.88. The largest absolute Gasteiger partial charge is 0.352 e. The number of hydrogen-bond donors (Lipinski definition) is 2. The van der Waals surface area contributed by atoms with E-state index >= 15 is 0 Å². The minimum absolute atomic E-state index is 0.0609. The van der Waals surface area contributed by atoms with Gasteiger partial charge in [-0.3, -0.25) is 0 Å². The molecule has 1 aromatic rings. The Morgan fingerprint density at radius 3 is 2.52 bits per heavy atom. The molecule has 1 aliphatic rings. The van der Waals surface area contributed by atoms with Crippen LogP contribution in [0.4, 0.5) is 4.79 Å². The van der Waals surface area contributed by atoms with Gasteiger partial charge in [-0.05, 0) is 24.5 Å². The van der Waals surface area contributed by atoms with E-state index in [0.29, 0.717) is 36.5 Å². The van der Waals surface area contributed by atoms with Crippen molar-refractivity contribution < 1.29 is 13.2 Å². The highest BCUT2D eigenvalue weighted by atomic mass is 35.5. The number of nitrogens with zero attached hydrogens (tertiary/aromatic N) is 1. The number of primary amides is 1. The van der Waals surface area contributed by atoms with Crippen LogP contribution < -0.4 is 11.1 Å². The number of hydrogen-bond acceptors (Lipinski definition) is 3. The Hall–Kier alpha value is -1.31. The number of sulfonamides is 1. The average molecular weight is 332 g/mol. The van der Waals surface area contributed by atoms with Crippen LogP contribution in [0.5, 0.6) is 0 Å². The highest BCUT2D eigenvalue weighted by Gasteiger charge is 2.28. The third-order valence-electron chi connectivity index (χ3n) is 3.49. The van der Waals surface area contributed by atoms with E-state index in [9.17, 15) is 13.2 Å².